The van der Waals surface area contributed by atoms with Gasteiger partial charge in [0.25, 0.3) is 5.91 Å². The van der Waals surface area contributed by atoms with E-state index in [0.717, 1.165) is 12.8 Å². The van der Waals surface area contributed by atoms with Gasteiger partial charge in [-0.05, 0) is 32.3 Å². The number of hydrogen-bond acceptors (Lipinski definition) is 2. The van der Waals surface area contributed by atoms with Gasteiger partial charge in [0.2, 0.25) is 0 Å². The molecule has 0 spiro atoms. The summed E-state index contributed by atoms with van der Waals surface area (Å²) in [6.45, 7) is 4.57. The fourth-order valence-electron chi connectivity index (χ4n) is 2.00. The molecule has 18 heavy (non-hydrogen) atoms. The maximum atomic E-state index is 12.2. The zero-order chi connectivity index (χ0) is 13.1. The summed E-state index contributed by atoms with van der Waals surface area (Å²) in [5, 5.41) is 0. The van der Waals surface area contributed by atoms with Crippen LogP contribution in [0.5, 0.6) is 0 Å². The number of nitrogens with zero attached hydrogens (tertiary/aromatic N) is 1. The average molecular weight is 247 g/mol. The van der Waals surface area contributed by atoms with Crippen LogP contribution in [0.3, 0.4) is 0 Å². The molecule has 1 fully saturated rings. The molecule has 0 radical (unpaired) electrons. The van der Waals surface area contributed by atoms with Crippen LogP contribution < -0.4 is 0 Å². The van der Waals surface area contributed by atoms with E-state index in [9.17, 15) is 4.79 Å². The Morgan fingerprint density at radius 1 is 1.39 bits per heavy atom. The predicted molar refractivity (Wildman–Crippen MR) is 71.2 cm³/mol. The van der Waals surface area contributed by atoms with Crippen molar-refractivity contribution >= 4 is 5.91 Å². The van der Waals surface area contributed by atoms with Crippen molar-refractivity contribution in [2.45, 2.75) is 45.4 Å². The topological polar surface area (TPSA) is 29.5 Å². The van der Waals surface area contributed by atoms with Crippen molar-refractivity contribution in [2.24, 2.45) is 0 Å². The molecule has 0 saturated heterocycles. The Kier molecular flexibility index (Phi) is 4.02. The third-order valence-electron chi connectivity index (χ3n) is 3.45. The van der Waals surface area contributed by atoms with E-state index in [2.05, 4.69) is 31.2 Å². The van der Waals surface area contributed by atoms with Gasteiger partial charge in [-0.1, -0.05) is 29.8 Å². The number of aryl methyl sites for hydroxylation is 1. The molecule has 1 aromatic carbocycles. The highest BCUT2D eigenvalue weighted by molar-refractivity contribution is 5.81. The Bertz CT molecular complexity index is 409. The van der Waals surface area contributed by atoms with Crippen LogP contribution in [0, 0.1) is 6.92 Å². The van der Waals surface area contributed by atoms with Crippen molar-refractivity contribution in [1.29, 1.82) is 0 Å². The highest BCUT2D eigenvalue weighted by atomic mass is 16.5. The van der Waals surface area contributed by atoms with Gasteiger partial charge in [-0.3, -0.25) is 4.79 Å². The van der Waals surface area contributed by atoms with Crippen LogP contribution in [-0.2, 0) is 16.1 Å². The molecule has 98 valence electrons. The predicted octanol–water partition coefficient (Wildman–Crippen LogP) is 2.52. The number of hydrogen-bond donors (Lipinski definition) is 0. The minimum Gasteiger partial charge on any atom is -0.372 e. The normalized spacial score (nSPS) is 16.4. The third kappa shape index (κ3) is 3.10. The smallest absolute Gasteiger partial charge is 0.251 e. The lowest BCUT2D eigenvalue weighted by molar-refractivity contribution is -0.142. The number of methoxy groups -OCH3 is 1. The summed E-state index contributed by atoms with van der Waals surface area (Å²) in [4.78, 5) is 14.2. The van der Waals surface area contributed by atoms with Crippen LogP contribution in [-0.4, -0.2) is 30.1 Å². The van der Waals surface area contributed by atoms with Crippen molar-refractivity contribution in [3.05, 3.63) is 35.4 Å². The van der Waals surface area contributed by atoms with Crippen molar-refractivity contribution in [3.63, 3.8) is 0 Å². The molecule has 0 aromatic heterocycles. The summed E-state index contributed by atoms with van der Waals surface area (Å²) in [6.07, 6.45) is 1.89. The second-order valence-corrected chi connectivity index (χ2v) is 5.06. The van der Waals surface area contributed by atoms with Gasteiger partial charge < -0.3 is 9.64 Å². The molecule has 3 heteroatoms. The standard InChI is InChI=1S/C15H21NO2/c1-11-4-6-13(7-5-11)10-16(14-8-9-14)15(17)12(2)18-3/h4-7,12,14H,8-10H2,1-3H3. The summed E-state index contributed by atoms with van der Waals surface area (Å²) in [5.74, 6) is 0.0978. The van der Waals surface area contributed by atoms with E-state index in [0.29, 0.717) is 12.6 Å². The molecule has 1 saturated carbocycles. The summed E-state index contributed by atoms with van der Waals surface area (Å²) in [6, 6.07) is 8.77. The maximum absolute atomic E-state index is 12.2. The van der Waals surface area contributed by atoms with Gasteiger partial charge >= 0.3 is 0 Å². The van der Waals surface area contributed by atoms with Crippen molar-refractivity contribution in [3.8, 4) is 0 Å². The molecule has 0 bridgehead atoms. The molecular formula is C15H21NO2. The molecule has 1 aromatic rings. The molecule has 3 nitrogen and oxygen atoms in total. The lowest BCUT2D eigenvalue weighted by atomic mass is 10.1. The molecule has 2 rings (SSSR count). The first kappa shape index (κ1) is 13.1. The van der Waals surface area contributed by atoms with E-state index < -0.39 is 0 Å². The zero-order valence-corrected chi connectivity index (χ0v) is 11.3. The Morgan fingerprint density at radius 2 is 2.00 bits per heavy atom. The van der Waals surface area contributed by atoms with Crippen molar-refractivity contribution in [2.75, 3.05) is 7.11 Å². The lowest BCUT2D eigenvalue weighted by Gasteiger charge is -2.25. The molecule has 0 aliphatic heterocycles. The van der Waals surface area contributed by atoms with Crippen LogP contribution in [0.2, 0.25) is 0 Å². The Labute approximate surface area is 109 Å². The van der Waals surface area contributed by atoms with Gasteiger partial charge in [-0.25, -0.2) is 0 Å². The Hall–Kier alpha value is -1.35. The fraction of sp³-hybridized carbons (Fsp3) is 0.533. The van der Waals surface area contributed by atoms with Crippen molar-refractivity contribution < 1.29 is 9.53 Å². The quantitative estimate of drug-likeness (QED) is 0.800. The first-order chi connectivity index (χ1) is 8.61. The van der Waals surface area contributed by atoms with Gasteiger partial charge in [0, 0.05) is 19.7 Å². The zero-order valence-electron chi connectivity index (χ0n) is 11.3. The van der Waals surface area contributed by atoms with Crippen LogP contribution in [0.15, 0.2) is 24.3 Å². The van der Waals surface area contributed by atoms with Gasteiger partial charge in [0.1, 0.15) is 6.10 Å². The monoisotopic (exact) mass is 247 g/mol. The number of rotatable bonds is 5. The highest BCUT2D eigenvalue weighted by Crippen LogP contribution is 2.29. The number of carbonyl (C=O) groups excluding carboxylic acids is 1. The number of benzene rings is 1. The first-order valence-corrected chi connectivity index (χ1v) is 6.50. The minimum absolute atomic E-state index is 0.0978. The number of carbonyl (C=O) groups is 1. The largest absolute Gasteiger partial charge is 0.372 e. The molecule has 1 amide bonds. The molecule has 0 N–H and O–H groups in total. The summed E-state index contributed by atoms with van der Waals surface area (Å²) in [7, 11) is 1.58. The van der Waals surface area contributed by atoms with E-state index in [4.69, 9.17) is 4.74 Å². The van der Waals surface area contributed by atoms with Crippen LogP contribution in [0.4, 0.5) is 0 Å². The fourth-order valence-corrected chi connectivity index (χ4v) is 2.00. The summed E-state index contributed by atoms with van der Waals surface area (Å²) in [5.41, 5.74) is 2.43. The number of ether oxygens (including phenoxy) is 1. The minimum atomic E-state index is -0.351. The van der Waals surface area contributed by atoms with Crippen molar-refractivity contribution in [1.82, 2.24) is 4.90 Å². The van der Waals surface area contributed by atoms with Gasteiger partial charge in [0.05, 0.1) is 0 Å². The van der Waals surface area contributed by atoms with E-state index in [-0.39, 0.29) is 12.0 Å². The Morgan fingerprint density at radius 3 is 2.50 bits per heavy atom. The summed E-state index contributed by atoms with van der Waals surface area (Å²) < 4.78 is 5.14. The maximum Gasteiger partial charge on any atom is 0.251 e. The van der Waals surface area contributed by atoms with E-state index >= 15 is 0 Å². The second kappa shape index (κ2) is 5.53. The van der Waals surface area contributed by atoms with Crippen LogP contribution in [0.1, 0.15) is 30.9 Å². The molecule has 1 aliphatic rings. The van der Waals surface area contributed by atoms with Gasteiger partial charge in [-0.2, -0.15) is 0 Å². The molecule has 0 heterocycles. The third-order valence-corrected chi connectivity index (χ3v) is 3.45. The highest BCUT2D eigenvalue weighted by Gasteiger charge is 2.34. The van der Waals surface area contributed by atoms with Crippen LogP contribution in [0.25, 0.3) is 0 Å². The summed E-state index contributed by atoms with van der Waals surface area (Å²) >= 11 is 0. The lowest BCUT2D eigenvalue weighted by Crippen LogP contribution is -2.39. The van der Waals surface area contributed by atoms with Crippen LogP contribution >= 0.6 is 0 Å². The van der Waals surface area contributed by atoms with E-state index in [1.165, 1.54) is 11.1 Å². The molecule has 1 atom stereocenters. The van der Waals surface area contributed by atoms with Gasteiger partial charge in [-0.15, -0.1) is 0 Å². The van der Waals surface area contributed by atoms with Gasteiger partial charge in [0.15, 0.2) is 0 Å². The second-order valence-electron chi connectivity index (χ2n) is 5.06. The molecule has 1 aliphatic carbocycles. The SMILES string of the molecule is COC(C)C(=O)N(Cc1ccc(C)cc1)C1CC1. The van der Waals surface area contributed by atoms with E-state index in [1.54, 1.807) is 7.11 Å². The molecule has 1 unspecified atom stereocenters. The molecular weight excluding hydrogens is 226 g/mol. The van der Waals surface area contributed by atoms with E-state index in [1.807, 2.05) is 11.8 Å². The first-order valence-electron chi connectivity index (χ1n) is 6.50. The average Bonchev–Trinajstić information content (AvgIpc) is 3.20. The number of amides is 1. The Balaban J connectivity index is 2.06.